The van der Waals surface area contributed by atoms with Crippen molar-refractivity contribution in [3.8, 4) is 0 Å². The van der Waals surface area contributed by atoms with Gasteiger partial charge < -0.3 is 15.5 Å². The Morgan fingerprint density at radius 2 is 1.65 bits per heavy atom. The van der Waals surface area contributed by atoms with Gasteiger partial charge in [-0.2, -0.15) is 0 Å². The van der Waals surface area contributed by atoms with Crippen molar-refractivity contribution in [2.24, 2.45) is 5.73 Å². The van der Waals surface area contributed by atoms with E-state index in [1.165, 1.54) is 0 Å². The van der Waals surface area contributed by atoms with Crippen LogP contribution in [0.1, 0.15) is 30.1 Å². The molecule has 1 heterocycles. The standard InChI is InChI=1S/C16H21Cl2N3O2/c1-2-4-13(19)15(22)20-7-9-21(10-8-20)16(23)14-11(17)5-3-6-12(14)18/h3,5-6,13H,2,4,7-10,19H2,1H3. The van der Waals surface area contributed by atoms with E-state index in [1.54, 1.807) is 28.0 Å². The predicted molar refractivity (Wildman–Crippen MR) is 91.8 cm³/mol. The van der Waals surface area contributed by atoms with Gasteiger partial charge in [0.25, 0.3) is 5.91 Å². The van der Waals surface area contributed by atoms with Gasteiger partial charge in [-0.05, 0) is 18.6 Å². The Morgan fingerprint density at radius 1 is 1.13 bits per heavy atom. The third-order valence-electron chi connectivity index (χ3n) is 3.97. The summed E-state index contributed by atoms with van der Waals surface area (Å²) in [5.41, 5.74) is 6.20. The molecule has 2 rings (SSSR count). The van der Waals surface area contributed by atoms with Gasteiger partial charge in [0, 0.05) is 26.2 Å². The van der Waals surface area contributed by atoms with Crippen LogP contribution in [0.15, 0.2) is 18.2 Å². The summed E-state index contributed by atoms with van der Waals surface area (Å²) in [5, 5.41) is 0.678. The molecule has 1 unspecified atom stereocenters. The van der Waals surface area contributed by atoms with E-state index in [9.17, 15) is 9.59 Å². The number of hydrogen-bond acceptors (Lipinski definition) is 3. The molecule has 1 aromatic carbocycles. The molecule has 0 saturated carbocycles. The Labute approximate surface area is 146 Å². The molecule has 1 aliphatic heterocycles. The molecule has 1 aromatic rings. The zero-order valence-corrected chi connectivity index (χ0v) is 14.6. The van der Waals surface area contributed by atoms with Crippen molar-refractivity contribution < 1.29 is 9.59 Å². The van der Waals surface area contributed by atoms with Gasteiger partial charge in [-0.1, -0.05) is 42.6 Å². The highest BCUT2D eigenvalue weighted by Crippen LogP contribution is 2.26. The molecule has 126 valence electrons. The first kappa shape index (κ1) is 18.0. The zero-order valence-electron chi connectivity index (χ0n) is 13.1. The van der Waals surface area contributed by atoms with Gasteiger partial charge in [0.2, 0.25) is 5.91 Å². The Kier molecular flexibility index (Phi) is 6.27. The summed E-state index contributed by atoms with van der Waals surface area (Å²) in [5.74, 6) is -0.250. The van der Waals surface area contributed by atoms with Gasteiger partial charge in [-0.3, -0.25) is 9.59 Å². The lowest BCUT2D eigenvalue weighted by Crippen LogP contribution is -2.54. The average molecular weight is 358 g/mol. The lowest BCUT2D eigenvalue weighted by atomic mass is 10.1. The number of halogens is 2. The number of rotatable bonds is 4. The summed E-state index contributed by atoms with van der Waals surface area (Å²) in [7, 11) is 0. The van der Waals surface area contributed by atoms with E-state index in [0.717, 1.165) is 6.42 Å². The van der Waals surface area contributed by atoms with Gasteiger partial charge in [0.05, 0.1) is 21.7 Å². The first-order valence-electron chi connectivity index (χ1n) is 7.73. The van der Waals surface area contributed by atoms with E-state index < -0.39 is 6.04 Å². The smallest absolute Gasteiger partial charge is 0.257 e. The van der Waals surface area contributed by atoms with E-state index in [-0.39, 0.29) is 11.8 Å². The molecule has 0 bridgehead atoms. The van der Waals surface area contributed by atoms with Gasteiger partial charge in [-0.25, -0.2) is 0 Å². The van der Waals surface area contributed by atoms with Gasteiger partial charge in [0.1, 0.15) is 0 Å². The normalized spacial score (nSPS) is 16.3. The van der Waals surface area contributed by atoms with Crippen molar-refractivity contribution >= 4 is 35.0 Å². The minimum absolute atomic E-state index is 0.0466. The molecule has 1 fully saturated rings. The Bertz CT molecular complexity index is 566. The van der Waals surface area contributed by atoms with Crippen LogP contribution in [0.5, 0.6) is 0 Å². The van der Waals surface area contributed by atoms with Crippen LogP contribution in [-0.4, -0.2) is 53.8 Å². The van der Waals surface area contributed by atoms with Crippen LogP contribution in [0, 0.1) is 0 Å². The van der Waals surface area contributed by atoms with Crippen LogP contribution < -0.4 is 5.73 Å². The van der Waals surface area contributed by atoms with E-state index >= 15 is 0 Å². The highest BCUT2D eigenvalue weighted by Gasteiger charge is 2.28. The third kappa shape index (κ3) is 4.16. The minimum atomic E-state index is -0.458. The molecule has 0 aromatic heterocycles. The second kappa shape index (κ2) is 7.99. The number of carbonyl (C=O) groups excluding carboxylic acids is 2. The Hall–Kier alpha value is -1.30. The SMILES string of the molecule is CCCC(N)C(=O)N1CCN(C(=O)c2c(Cl)cccc2Cl)CC1. The van der Waals surface area contributed by atoms with Gasteiger partial charge in [0.15, 0.2) is 0 Å². The van der Waals surface area contributed by atoms with Gasteiger partial charge >= 0.3 is 0 Å². The Balaban J connectivity index is 1.99. The molecule has 1 aliphatic rings. The van der Waals surface area contributed by atoms with E-state index in [0.29, 0.717) is 48.2 Å². The Morgan fingerprint density at radius 3 is 2.17 bits per heavy atom. The number of nitrogens with zero attached hydrogens (tertiary/aromatic N) is 2. The molecule has 7 heteroatoms. The van der Waals surface area contributed by atoms with Crippen molar-refractivity contribution in [1.82, 2.24) is 9.80 Å². The molecular formula is C16H21Cl2N3O2. The number of carbonyl (C=O) groups is 2. The fraction of sp³-hybridized carbons (Fsp3) is 0.500. The maximum atomic E-state index is 12.6. The van der Waals surface area contributed by atoms with Gasteiger partial charge in [-0.15, -0.1) is 0 Å². The topological polar surface area (TPSA) is 66.6 Å². The van der Waals surface area contributed by atoms with E-state index in [1.807, 2.05) is 6.92 Å². The predicted octanol–water partition coefficient (Wildman–Crippen LogP) is 2.41. The van der Waals surface area contributed by atoms with Crippen molar-refractivity contribution in [2.45, 2.75) is 25.8 Å². The van der Waals surface area contributed by atoms with Crippen molar-refractivity contribution in [3.63, 3.8) is 0 Å². The quantitative estimate of drug-likeness (QED) is 0.899. The van der Waals surface area contributed by atoms with Crippen LogP contribution in [0.25, 0.3) is 0 Å². The third-order valence-corrected chi connectivity index (χ3v) is 4.60. The molecule has 1 atom stereocenters. The first-order chi connectivity index (χ1) is 11.0. The highest BCUT2D eigenvalue weighted by molar-refractivity contribution is 6.39. The summed E-state index contributed by atoms with van der Waals surface area (Å²) in [6, 6.07) is 4.53. The number of amides is 2. The summed E-state index contributed by atoms with van der Waals surface area (Å²) >= 11 is 12.2. The number of hydrogen-bond donors (Lipinski definition) is 1. The molecule has 23 heavy (non-hydrogen) atoms. The molecular weight excluding hydrogens is 337 g/mol. The lowest BCUT2D eigenvalue weighted by molar-refractivity contribution is -0.134. The lowest BCUT2D eigenvalue weighted by Gasteiger charge is -2.36. The minimum Gasteiger partial charge on any atom is -0.338 e. The molecule has 0 radical (unpaired) electrons. The number of nitrogens with two attached hydrogens (primary N) is 1. The largest absolute Gasteiger partial charge is 0.338 e. The van der Waals surface area contributed by atoms with Crippen LogP contribution >= 0.6 is 23.2 Å². The van der Waals surface area contributed by atoms with Crippen LogP contribution in [-0.2, 0) is 4.79 Å². The summed E-state index contributed by atoms with van der Waals surface area (Å²) in [4.78, 5) is 28.2. The molecule has 2 amide bonds. The van der Waals surface area contributed by atoms with Crippen molar-refractivity contribution in [3.05, 3.63) is 33.8 Å². The second-order valence-corrected chi connectivity index (χ2v) is 6.42. The molecule has 5 nitrogen and oxygen atoms in total. The number of benzene rings is 1. The molecule has 2 N–H and O–H groups in total. The van der Waals surface area contributed by atoms with Crippen LogP contribution in [0.4, 0.5) is 0 Å². The fourth-order valence-corrected chi connectivity index (χ4v) is 3.22. The molecule has 1 saturated heterocycles. The van der Waals surface area contributed by atoms with E-state index in [2.05, 4.69) is 0 Å². The van der Waals surface area contributed by atoms with Crippen LogP contribution in [0.2, 0.25) is 10.0 Å². The first-order valence-corrected chi connectivity index (χ1v) is 8.49. The summed E-state index contributed by atoms with van der Waals surface area (Å²) < 4.78 is 0. The average Bonchev–Trinajstić information content (AvgIpc) is 2.54. The fourth-order valence-electron chi connectivity index (χ4n) is 2.66. The monoisotopic (exact) mass is 357 g/mol. The second-order valence-electron chi connectivity index (χ2n) is 5.61. The summed E-state index contributed by atoms with van der Waals surface area (Å²) in [6.45, 7) is 3.85. The number of piperazine rings is 1. The molecule has 0 spiro atoms. The maximum absolute atomic E-state index is 12.6. The van der Waals surface area contributed by atoms with Crippen molar-refractivity contribution in [2.75, 3.05) is 26.2 Å². The van der Waals surface area contributed by atoms with E-state index in [4.69, 9.17) is 28.9 Å². The summed E-state index contributed by atoms with van der Waals surface area (Å²) in [6.07, 6.45) is 1.55. The maximum Gasteiger partial charge on any atom is 0.257 e. The molecule has 0 aliphatic carbocycles. The van der Waals surface area contributed by atoms with Crippen LogP contribution in [0.3, 0.4) is 0 Å². The highest BCUT2D eigenvalue weighted by atomic mass is 35.5. The zero-order chi connectivity index (χ0) is 17.0. The van der Waals surface area contributed by atoms with Crippen molar-refractivity contribution in [1.29, 1.82) is 0 Å².